The molecule has 0 bridgehead atoms. The van der Waals surface area contributed by atoms with E-state index < -0.39 is 6.10 Å². The van der Waals surface area contributed by atoms with Gasteiger partial charge in [0.15, 0.2) is 0 Å². The van der Waals surface area contributed by atoms with E-state index in [9.17, 15) is 14.4 Å². The maximum atomic E-state index is 12.2. The Balaban J connectivity index is 1.83. The summed E-state index contributed by atoms with van der Waals surface area (Å²) >= 11 is 0. The third kappa shape index (κ3) is 9.38. The molecule has 2 aliphatic heterocycles. The van der Waals surface area contributed by atoms with Crippen LogP contribution in [0.5, 0.6) is 0 Å². The Morgan fingerprint density at radius 1 is 1.27 bits per heavy atom. The Hall–Kier alpha value is -2.67. The highest BCUT2D eigenvalue weighted by Gasteiger charge is 2.33. The zero-order valence-electron chi connectivity index (χ0n) is 20.5. The number of hydrogen-bond acceptors (Lipinski definition) is 6. The Labute approximate surface area is 196 Å². The summed E-state index contributed by atoms with van der Waals surface area (Å²) in [5, 5.41) is 2.99. The fourth-order valence-corrected chi connectivity index (χ4v) is 4.01. The molecule has 2 rings (SSSR count). The van der Waals surface area contributed by atoms with Gasteiger partial charge in [0.1, 0.15) is 12.2 Å². The van der Waals surface area contributed by atoms with Crippen LogP contribution >= 0.6 is 0 Å². The summed E-state index contributed by atoms with van der Waals surface area (Å²) in [5.74, 6) is -0.624. The van der Waals surface area contributed by atoms with E-state index in [4.69, 9.17) is 14.2 Å². The lowest BCUT2D eigenvalue weighted by molar-refractivity contribution is -0.144. The summed E-state index contributed by atoms with van der Waals surface area (Å²) in [7, 11) is 0. The van der Waals surface area contributed by atoms with Crippen molar-refractivity contribution in [2.45, 2.75) is 91.3 Å². The fourth-order valence-electron chi connectivity index (χ4n) is 4.01. The van der Waals surface area contributed by atoms with E-state index in [0.717, 1.165) is 30.4 Å². The maximum absolute atomic E-state index is 12.2. The lowest BCUT2D eigenvalue weighted by Gasteiger charge is -2.39. The van der Waals surface area contributed by atoms with Gasteiger partial charge < -0.3 is 19.5 Å². The van der Waals surface area contributed by atoms with Crippen LogP contribution in [0.2, 0.25) is 0 Å². The van der Waals surface area contributed by atoms with Crippen LogP contribution in [0.15, 0.2) is 47.6 Å². The van der Waals surface area contributed by atoms with Crippen LogP contribution in [0.4, 0.5) is 0 Å². The molecular formula is C26H37NO6. The van der Waals surface area contributed by atoms with E-state index in [-0.39, 0.29) is 48.1 Å². The Morgan fingerprint density at radius 2 is 2.00 bits per heavy atom. The first kappa shape index (κ1) is 26.6. The van der Waals surface area contributed by atoms with Crippen molar-refractivity contribution >= 4 is 17.8 Å². The molecule has 0 aromatic heterocycles. The molecule has 6 atom stereocenters. The second-order valence-electron chi connectivity index (χ2n) is 9.09. The predicted octanol–water partition coefficient (Wildman–Crippen LogP) is 3.95. The number of amides is 1. The molecule has 0 unspecified atom stereocenters. The van der Waals surface area contributed by atoms with Crippen LogP contribution in [0.25, 0.3) is 0 Å². The van der Waals surface area contributed by atoms with Crippen molar-refractivity contribution in [3.8, 4) is 0 Å². The van der Waals surface area contributed by atoms with E-state index in [1.54, 1.807) is 13.0 Å². The molecule has 0 spiro atoms. The Morgan fingerprint density at radius 3 is 2.67 bits per heavy atom. The second-order valence-corrected chi connectivity index (χ2v) is 9.09. The highest BCUT2D eigenvalue weighted by Crippen LogP contribution is 2.28. The molecule has 1 N–H and O–H groups in total. The van der Waals surface area contributed by atoms with Crippen molar-refractivity contribution in [1.82, 2.24) is 5.32 Å². The predicted molar refractivity (Wildman–Crippen MR) is 126 cm³/mol. The molecule has 0 aromatic carbocycles. The minimum Gasteiger partial charge on any atom is -0.459 e. The molecule has 2 heterocycles. The van der Waals surface area contributed by atoms with Gasteiger partial charge in [0, 0.05) is 25.5 Å². The van der Waals surface area contributed by atoms with E-state index >= 15 is 0 Å². The molecule has 0 aromatic rings. The SMILES string of the molecule is CC(=O)O[C@@H](C)C=CC(=O)N[C@@H]1C[C@H](C)[C@H](CC=C(C)C=C[C@@H]2CC(C)=CC(=O)O2)O[C@@H]1C. The monoisotopic (exact) mass is 459 g/mol. The van der Waals surface area contributed by atoms with Crippen molar-refractivity contribution in [2.75, 3.05) is 0 Å². The van der Waals surface area contributed by atoms with Crippen molar-refractivity contribution in [1.29, 1.82) is 0 Å². The van der Waals surface area contributed by atoms with E-state index in [2.05, 4.69) is 18.3 Å². The van der Waals surface area contributed by atoms with E-state index in [0.29, 0.717) is 0 Å². The molecule has 1 saturated heterocycles. The van der Waals surface area contributed by atoms with Crippen molar-refractivity contribution in [2.24, 2.45) is 5.92 Å². The quantitative estimate of drug-likeness (QED) is 0.336. The van der Waals surface area contributed by atoms with Gasteiger partial charge in [-0.1, -0.05) is 30.2 Å². The summed E-state index contributed by atoms with van der Waals surface area (Å²) in [4.78, 5) is 34.7. The van der Waals surface area contributed by atoms with Crippen LogP contribution < -0.4 is 5.32 Å². The standard InChI is InChI=1S/C26H37NO6/c1-16(7-10-22-13-17(2)14-26(30)33-22)8-11-24-18(3)15-23(20(5)32-24)27-25(29)12-9-19(4)31-21(6)28/h7-10,12,14,18-20,22-24H,11,13,15H2,1-6H3,(H,27,29)/t18-,19-,20+,22+,23+,24-/m0/s1. The summed E-state index contributed by atoms with van der Waals surface area (Å²) in [6.45, 7) is 11.1. The number of ether oxygens (including phenoxy) is 3. The van der Waals surface area contributed by atoms with Crippen LogP contribution in [-0.4, -0.2) is 48.3 Å². The molecule has 1 amide bonds. The molecule has 33 heavy (non-hydrogen) atoms. The zero-order chi connectivity index (χ0) is 24.5. The van der Waals surface area contributed by atoms with Gasteiger partial charge in [0.05, 0.1) is 18.2 Å². The maximum Gasteiger partial charge on any atom is 0.331 e. The lowest BCUT2D eigenvalue weighted by Crippen LogP contribution is -2.50. The van der Waals surface area contributed by atoms with Crippen LogP contribution in [0.1, 0.15) is 60.8 Å². The van der Waals surface area contributed by atoms with Gasteiger partial charge in [0.2, 0.25) is 5.91 Å². The van der Waals surface area contributed by atoms with Gasteiger partial charge in [-0.25, -0.2) is 4.79 Å². The zero-order valence-corrected chi connectivity index (χ0v) is 20.5. The van der Waals surface area contributed by atoms with Gasteiger partial charge >= 0.3 is 11.9 Å². The second kappa shape index (κ2) is 12.5. The van der Waals surface area contributed by atoms with Crippen molar-refractivity contribution < 1.29 is 28.6 Å². The largest absolute Gasteiger partial charge is 0.459 e. The van der Waals surface area contributed by atoms with Crippen LogP contribution in [-0.2, 0) is 28.6 Å². The first-order valence-corrected chi connectivity index (χ1v) is 11.6. The molecule has 0 radical (unpaired) electrons. The number of carbonyl (C=O) groups is 3. The Bertz CT molecular complexity index is 840. The summed E-state index contributed by atoms with van der Waals surface area (Å²) in [5.41, 5.74) is 2.11. The summed E-state index contributed by atoms with van der Waals surface area (Å²) in [6.07, 6.45) is 12.1. The third-order valence-corrected chi connectivity index (χ3v) is 5.82. The fraction of sp³-hybridized carbons (Fsp3) is 0.577. The highest BCUT2D eigenvalue weighted by atomic mass is 16.5. The molecule has 1 fully saturated rings. The highest BCUT2D eigenvalue weighted by molar-refractivity contribution is 5.87. The molecule has 7 heteroatoms. The number of nitrogens with one attached hydrogen (secondary N) is 1. The van der Waals surface area contributed by atoms with Gasteiger partial charge in [-0.2, -0.15) is 0 Å². The number of esters is 2. The number of hydrogen-bond donors (Lipinski definition) is 1. The summed E-state index contributed by atoms with van der Waals surface area (Å²) in [6, 6.07) is -0.0836. The van der Waals surface area contributed by atoms with Crippen molar-refractivity contribution in [3.05, 3.63) is 47.6 Å². The third-order valence-electron chi connectivity index (χ3n) is 5.82. The van der Waals surface area contributed by atoms with Gasteiger partial charge in [-0.05, 0) is 58.6 Å². The Kier molecular flexibility index (Phi) is 10.1. The smallest absolute Gasteiger partial charge is 0.331 e. The topological polar surface area (TPSA) is 90.9 Å². The van der Waals surface area contributed by atoms with Crippen LogP contribution in [0.3, 0.4) is 0 Å². The van der Waals surface area contributed by atoms with Gasteiger partial charge in [-0.3, -0.25) is 9.59 Å². The average Bonchev–Trinajstić information content (AvgIpc) is 2.71. The number of rotatable bonds is 8. The minimum absolute atomic E-state index is 0.0636. The molecule has 0 saturated carbocycles. The summed E-state index contributed by atoms with van der Waals surface area (Å²) < 4.78 is 16.5. The first-order chi connectivity index (χ1) is 15.5. The minimum atomic E-state index is -0.452. The first-order valence-electron chi connectivity index (χ1n) is 11.6. The molecule has 0 aliphatic carbocycles. The van der Waals surface area contributed by atoms with Crippen molar-refractivity contribution in [3.63, 3.8) is 0 Å². The molecule has 182 valence electrons. The average molecular weight is 460 g/mol. The number of allylic oxidation sites excluding steroid dienone is 2. The molecular weight excluding hydrogens is 422 g/mol. The molecule has 2 aliphatic rings. The van der Waals surface area contributed by atoms with Crippen LogP contribution in [0, 0.1) is 5.92 Å². The van der Waals surface area contributed by atoms with Gasteiger partial charge in [-0.15, -0.1) is 0 Å². The number of carbonyl (C=O) groups excluding carboxylic acids is 3. The molecule has 7 nitrogen and oxygen atoms in total. The normalized spacial score (nSPS) is 29.5. The number of cyclic esters (lactones) is 1. The van der Waals surface area contributed by atoms with Gasteiger partial charge in [0.25, 0.3) is 0 Å². The van der Waals surface area contributed by atoms with E-state index in [1.807, 2.05) is 32.9 Å². The lowest BCUT2D eigenvalue weighted by atomic mass is 9.88. The van der Waals surface area contributed by atoms with E-state index in [1.165, 1.54) is 19.1 Å².